The summed E-state index contributed by atoms with van der Waals surface area (Å²) in [5, 5.41) is 0. The number of carbonyl (C=O) groups excluding carboxylic acids is 2. The Morgan fingerprint density at radius 2 is 1.58 bits per heavy atom. The first kappa shape index (κ1) is 24.4. The number of esters is 1. The van der Waals surface area contributed by atoms with Crippen LogP contribution < -0.4 is 14.4 Å². The van der Waals surface area contributed by atoms with E-state index in [4.69, 9.17) is 14.2 Å². The molecule has 178 valence electrons. The molecular weight excluding hydrogens is 420 g/mol. The smallest absolute Gasteiger partial charge is 0.309 e. The van der Waals surface area contributed by atoms with E-state index in [9.17, 15) is 9.59 Å². The number of rotatable bonds is 9. The Bertz CT molecular complexity index is 927. The van der Waals surface area contributed by atoms with E-state index in [1.807, 2.05) is 18.2 Å². The number of hydrogen-bond donors (Lipinski definition) is 0. The normalized spacial score (nSPS) is 14.0. The lowest BCUT2D eigenvalue weighted by atomic mass is 9.96. The maximum Gasteiger partial charge on any atom is 0.309 e. The highest BCUT2D eigenvalue weighted by molar-refractivity contribution is 5.95. The van der Waals surface area contributed by atoms with Gasteiger partial charge in [0.25, 0.3) is 5.91 Å². The van der Waals surface area contributed by atoms with Crippen molar-refractivity contribution in [1.82, 2.24) is 4.90 Å². The van der Waals surface area contributed by atoms with Crippen molar-refractivity contribution in [2.24, 2.45) is 5.92 Å². The maximum atomic E-state index is 13.0. The molecule has 7 heteroatoms. The van der Waals surface area contributed by atoms with E-state index in [-0.39, 0.29) is 24.4 Å². The van der Waals surface area contributed by atoms with E-state index < -0.39 is 0 Å². The third-order valence-corrected chi connectivity index (χ3v) is 6.18. The number of benzene rings is 2. The number of carbonyl (C=O) groups is 2. The average molecular weight is 455 g/mol. The molecule has 0 N–H and O–H groups in total. The molecule has 0 aliphatic carbocycles. The van der Waals surface area contributed by atoms with Crippen LogP contribution in [0.15, 0.2) is 42.5 Å². The first-order valence-electron chi connectivity index (χ1n) is 11.5. The van der Waals surface area contributed by atoms with Gasteiger partial charge in [-0.1, -0.05) is 18.2 Å². The van der Waals surface area contributed by atoms with Crippen LogP contribution in [0.5, 0.6) is 11.5 Å². The number of para-hydroxylation sites is 1. The highest BCUT2D eigenvalue weighted by Crippen LogP contribution is 2.27. The van der Waals surface area contributed by atoms with Crippen molar-refractivity contribution in [3.05, 3.63) is 53.6 Å². The summed E-state index contributed by atoms with van der Waals surface area (Å²) in [5.74, 6) is 0.656. The number of amides is 1. The van der Waals surface area contributed by atoms with Crippen LogP contribution in [0.2, 0.25) is 0 Å². The van der Waals surface area contributed by atoms with Crippen molar-refractivity contribution in [2.75, 3.05) is 45.3 Å². The number of nitrogens with zero attached hydrogens (tertiary/aromatic N) is 2. The largest absolute Gasteiger partial charge is 0.497 e. The topological polar surface area (TPSA) is 68.3 Å². The van der Waals surface area contributed by atoms with E-state index in [1.54, 1.807) is 37.3 Å². The first-order valence-corrected chi connectivity index (χ1v) is 11.5. The molecule has 1 aliphatic rings. The van der Waals surface area contributed by atoms with Crippen molar-refractivity contribution in [3.63, 3.8) is 0 Å². The summed E-state index contributed by atoms with van der Waals surface area (Å²) in [6.45, 7) is 7.29. The Hall–Kier alpha value is -3.22. The van der Waals surface area contributed by atoms with Crippen LogP contribution >= 0.6 is 0 Å². The number of piperidine rings is 1. The second-order valence-corrected chi connectivity index (χ2v) is 8.08. The molecule has 33 heavy (non-hydrogen) atoms. The van der Waals surface area contributed by atoms with Gasteiger partial charge in [-0.05, 0) is 44.9 Å². The third kappa shape index (κ3) is 5.97. The number of hydrogen-bond acceptors (Lipinski definition) is 6. The Kier molecular flexibility index (Phi) is 8.58. The molecule has 3 rings (SSSR count). The third-order valence-electron chi connectivity index (χ3n) is 6.18. The second-order valence-electron chi connectivity index (χ2n) is 8.08. The van der Waals surface area contributed by atoms with Gasteiger partial charge in [0.05, 0.1) is 20.1 Å². The van der Waals surface area contributed by atoms with Gasteiger partial charge < -0.3 is 24.0 Å². The monoisotopic (exact) mass is 454 g/mol. The van der Waals surface area contributed by atoms with Gasteiger partial charge in [-0.15, -0.1) is 0 Å². The summed E-state index contributed by atoms with van der Waals surface area (Å²) in [6.07, 6.45) is 1.17. The molecule has 0 radical (unpaired) electrons. The maximum absolute atomic E-state index is 13.0. The number of ether oxygens (including phenoxy) is 3. The molecule has 0 bridgehead atoms. The minimum Gasteiger partial charge on any atom is -0.497 e. The molecule has 0 atom stereocenters. The molecule has 1 amide bonds. The minimum absolute atomic E-state index is 0.0906. The zero-order valence-electron chi connectivity index (χ0n) is 20.0. The number of methoxy groups -OCH3 is 2. The molecule has 0 spiro atoms. The lowest BCUT2D eigenvalue weighted by Gasteiger charge is -2.31. The molecule has 0 unspecified atom stereocenters. The summed E-state index contributed by atoms with van der Waals surface area (Å²) >= 11 is 0. The lowest BCUT2D eigenvalue weighted by molar-refractivity contribution is -0.151. The van der Waals surface area contributed by atoms with E-state index in [1.165, 1.54) is 0 Å². The van der Waals surface area contributed by atoms with Crippen molar-refractivity contribution in [3.8, 4) is 11.5 Å². The Morgan fingerprint density at radius 3 is 2.15 bits per heavy atom. The quantitative estimate of drug-likeness (QED) is 0.531. The van der Waals surface area contributed by atoms with E-state index in [0.29, 0.717) is 43.0 Å². The number of likely N-dealkylation sites (tertiary alicyclic amines) is 1. The van der Waals surface area contributed by atoms with E-state index in [2.05, 4.69) is 24.8 Å². The van der Waals surface area contributed by atoms with Gasteiger partial charge in [0.15, 0.2) is 0 Å². The van der Waals surface area contributed by atoms with Crippen LogP contribution in [0.4, 0.5) is 5.69 Å². The van der Waals surface area contributed by atoms with Gasteiger partial charge in [-0.25, -0.2) is 0 Å². The summed E-state index contributed by atoms with van der Waals surface area (Å²) in [4.78, 5) is 29.7. The lowest BCUT2D eigenvalue weighted by Crippen LogP contribution is -2.40. The van der Waals surface area contributed by atoms with Gasteiger partial charge in [0.1, 0.15) is 18.1 Å². The Balaban J connectivity index is 1.56. The highest BCUT2D eigenvalue weighted by Gasteiger charge is 2.29. The Morgan fingerprint density at radius 1 is 0.970 bits per heavy atom. The van der Waals surface area contributed by atoms with E-state index in [0.717, 1.165) is 24.3 Å². The molecule has 2 aromatic carbocycles. The van der Waals surface area contributed by atoms with Crippen LogP contribution in [0.3, 0.4) is 0 Å². The zero-order chi connectivity index (χ0) is 23.8. The SMILES string of the molecule is CCN(CC)c1ccccc1COC(=O)C1CCN(C(=O)c2cc(OC)cc(OC)c2)CC1. The number of anilines is 1. The molecule has 1 heterocycles. The zero-order valence-corrected chi connectivity index (χ0v) is 20.0. The molecule has 1 saturated heterocycles. The van der Waals surface area contributed by atoms with Crippen molar-refractivity contribution in [2.45, 2.75) is 33.3 Å². The molecule has 1 fully saturated rings. The van der Waals surface area contributed by atoms with Crippen molar-refractivity contribution < 1.29 is 23.8 Å². The van der Waals surface area contributed by atoms with Gasteiger partial charge in [0.2, 0.25) is 0 Å². The van der Waals surface area contributed by atoms with Crippen LogP contribution in [0, 0.1) is 5.92 Å². The molecule has 0 aromatic heterocycles. The van der Waals surface area contributed by atoms with Gasteiger partial charge in [-0.2, -0.15) is 0 Å². The first-order chi connectivity index (χ1) is 16.0. The van der Waals surface area contributed by atoms with Crippen LogP contribution in [-0.4, -0.2) is 57.2 Å². The van der Waals surface area contributed by atoms with Crippen LogP contribution in [-0.2, 0) is 16.1 Å². The van der Waals surface area contributed by atoms with Gasteiger partial charge in [-0.3, -0.25) is 9.59 Å². The van der Waals surface area contributed by atoms with Gasteiger partial charge in [0, 0.05) is 49.1 Å². The van der Waals surface area contributed by atoms with Crippen LogP contribution in [0.1, 0.15) is 42.6 Å². The summed E-state index contributed by atoms with van der Waals surface area (Å²) < 4.78 is 16.2. The highest BCUT2D eigenvalue weighted by atomic mass is 16.5. The van der Waals surface area contributed by atoms with Crippen LogP contribution in [0.25, 0.3) is 0 Å². The van der Waals surface area contributed by atoms with E-state index >= 15 is 0 Å². The minimum atomic E-state index is -0.200. The van der Waals surface area contributed by atoms with Crippen molar-refractivity contribution >= 4 is 17.6 Å². The summed E-state index contributed by atoms with van der Waals surface area (Å²) in [7, 11) is 3.11. The van der Waals surface area contributed by atoms with Crippen molar-refractivity contribution in [1.29, 1.82) is 0 Å². The van der Waals surface area contributed by atoms with Gasteiger partial charge >= 0.3 is 5.97 Å². The molecule has 0 saturated carbocycles. The fourth-order valence-corrected chi connectivity index (χ4v) is 4.20. The molecule has 7 nitrogen and oxygen atoms in total. The molecule has 1 aliphatic heterocycles. The summed E-state index contributed by atoms with van der Waals surface area (Å²) in [5.41, 5.74) is 2.62. The predicted molar refractivity (Wildman–Crippen MR) is 128 cm³/mol. The second kappa shape index (κ2) is 11.6. The fourth-order valence-electron chi connectivity index (χ4n) is 4.20. The Labute approximate surface area is 196 Å². The predicted octanol–water partition coefficient (Wildman–Crippen LogP) is 4.15. The molecular formula is C26H34N2O5. The average Bonchev–Trinajstić information content (AvgIpc) is 2.87. The fraction of sp³-hybridized carbons (Fsp3) is 0.462. The molecule has 2 aromatic rings. The summed E-state index contributed by atoms with van der Waals surface area (Å²) in [6, 6.07) is 13.2. The standard InChI is InChI=1S/C26H34N2O5/c1-5-27(6-2)24-10-8-7-9-20(24)18-33-26(30)19-11-13-28(14-12-19)25(29)21-15-22(31-3)17-23(16-21)32-4/h7-10,15-17,19H,5-6,11-14,18H2,1-4H3.